The number of nitrogens with zero attached hydrogens (tertiary/aromatic N) is 4. The molecule has 0 bridgehead atoms. The molecule has 0 aliphatic rings. The maximum Gasteiger partial charge on any atom is 0.191 e. The lowest BCUT2D eigenvalue weighted by Crippen LogP contribution is -2.38. The van der Waals surface area contributed by atoms with Crippen LogP contribution in [0.4, 0.5) is 0 Å². The van der Waals surface area contributed by atoms with Crippen molar-refractivity contribution in [3.63, 3.8) is 0 Å². The fraction of sp³-hybridized carbons (Fsp3) is 0.688. The van der Waals surface area contributed by atoms with E-state index in [1.807, 2.05) is 18.5 Å². The van der Waals surface area contributed by atoms with E-state index in [0.717, 1.165) is 50.2 Å². The van der Waals surface area contributed by atoms with Gasteiger partial charge in [0.15, 0.2) is 11.8 Å². The third-order valence-electron chi connectivity index (χ3n) is 3.38. The van der Waals surface area contributed by atoms with Gasteiger partial charge in [-0.2, -0.15) is 0 Å². The van der Waals surface area contributed by atoms with Gasteiger partial charge in [0.2, 0.25) is 0 Å². The summed E-state index contributed by atoms with van der Waals surface area (Å²) in [7, 11) is 1.94. The van der Waals surface area contributed by atoms with Crippen LogP contribution in [0, 0.1) is 6.92 Å². The van der Waals surface area contributed by atoms with Crippen molar-refractivity contribution in [1.82, 2.24) is 25.4 Å². The van der Waals surface area contributed by atoms with Crippen LogP contribution < -0.4 is 10.6 Å². The number of hydrogen-bond donors (Lipinski definition) is 2. The maximum absolute atomic E-state index is 5.55. The highest BCUT2D eigenvalue weighted by Gasteiger charge is 2.04. The Bertz CT molecular complexity index is 489. The lowest BCUT2D eigenvalue weighted by atomic mass is 10.4. The topological polar surface area (TPSA) is 76.4 Å². The van der Waals surface area contributed by atoms with Crippen LogP contribution in [-0.2, 0) is 18.3 Å². The zero-order valence-corrected chi connectivity index (χ0v) is 17.4. The molecule has 1 heterocycles. The van der Waals surface area contributed by atoms with Crippen molar-refractivity contribution in [3.05, 3.63) is 24.3 Å². The smallest absolute Gasteiger partial charge is 0.191 e. The molecule has 0 saturated carbocycles. The molecule has 138 valence electrons. The molecule has 24 heavy (non-hydrogen) atoms. The van der Waals surface area contributed by atoms with Gasteiger partial charge in [-0.15, -0.1) is 40.8 Å². The number of ether oxygens (including phenoxy) is 1. The van der Waals surface area contributed by atoms with Gasteiger partial charge < -0.3 is 19.9 Å². The number of rotatable bonds is 11. The lowest BCUT2D eigenvalue weighted by molar-refractivity contribution is 0.129. The summed E-state index contributed by atoms with van der Waals surface area (Å²) in [5.74, 6) is 2.47. The van der Waals surface area contributed by atoms with Crippen LogP contribution >= 0.6 is 24.0 Å². The first kappa shape index (κ1) is 22.8. The van der Waals surface area contributed by atoms with Gasteiger partial charge in [0.1, 0.15) is 12.4 Å². The van der Waals surface area contributed by atoms with E-state index in [2.05, 4.69) is 39.3 Å². The van der Waals surface area contributed by atoms with Crippen molar-refractivity contribution < 1.29 is 4.74 Å². The summed E-state index contributed by atoms with van der Waals surface area (Å²) in [5.41, 5.74) is 0. The van der Waals surface area contributed by atoms with Gasteiger partial charge in [-0.25, -0.2) is 4.99 Å². The molecule has 0 spiro atoms. The first-order valence-electron chi connectivity index (χ1n) is 8.24. The number of guanidine groups is 1. The van der Waals surface area contributed by atoms with E-state index in [4.69, 9.17) is 4.74 Å². The van der Waals surface area contributed by atoms with E-state index >= 15 is 0 Å². The SMILES string of the molecule is C=CCNC(=NCc1nnc(C)n1C)NCCCOCCCC.I. The van der Waals surface area contributed by atoms with Crippen LogP contribution in [0.15, 0.2) is 17.6 Å². The quantitative estimate of drug-likeness (QED) is 0.178. The third-order valence-corrected chi connectivity index (χ3v) is 3.38. The third kappa shape index (κ3) is 9.21. The summed E-state index contributed by atoms with van der Waals surface area (Å²) in [6, 6.07) is 0. The minimum Gasteiger partial charge on any atom is -0.381 e. The van der Waals surface area contributed by atoms with Gasteiger partial charge in [-0.1, -0.05) is 19.4 Å². The average Bonchev–Trinajstić information content (AvgIpc) is 2.87. The monoisotopic (exact) mass is 450 g/mol. The molecular formula is C16H31IN6O. The van der Waals surface area contributed by atoms with Gasteiger partial charge in [0.05, 0.1) is 0 Å². The number of aryl methyl sites for hydroxylation is 1. The van der Waals surface area contributed by atoms with Crippen LogP contribution in [0.2, 0.25) is 0 Å². The minimum absolute atomic E-state index is 0. The Kier molecular flexibility index (Phi) is 13.5. The summed E-state index contributed by atoms with van der Waals surface area (Å²) in [4.78, 5) is 4.54. The highest BCUT2D eigenvalue weighted by atomic mass is 127. The first-order valence-corrected chi connectivity index (χ1v) is 8.24. The van der Waals surface area contributed by atoms with Crippen LogP contribution in [0.1, 0.15) is 37.8 Å². The van der Waals surface area contributed by atoms with Crippen LogP contribution in [0.5, 0.6) is 0 Å². The van der Waals surface area contributed by atoms with Gasteiger partial charge >= 0.3 is 0 Å². The molecule has 0 saturated heterocycles. The molecule has 1 aromatic rings. The van der Waals surface area contributed by atoms with E-state index in [1.165, 1.54) is 6.42 Å². The van der Waals surface area contributed by atoms with Gasteiger partial charge in [-0.05, 0) is 19.8 Å². The van der Waals surface area contributed by atoms with E-state index in [1.54, 1.807) is 6.08 Å². The molecule has 1 aromatic heterocycles. The molecule has 0 fully saturated rings. The van der Waals surface area contributed by atoms with Gasteiger partial charge in [0, 0.05) is 33.4 Å². The van der Waals surface area contributed by atoms with E-state index < -0.39 is 0 Å². The molecule has 0 atom stereocenters. The maximum atomic E-state index is 5.55. The van der Waals surface area contributed by atoms with E-state index in [-0.39, 0.29) is 24.0 Å². The minimum atomic E-state index is 0. The number of unbranched alkanes of at least 4 members (excludes halogenated alkanes) is 1. The fourth-order valence-electron chi connectivity index (χ4n) is 1.81. The normalized spacial score (nSPS) is 11.0. The summed E-state index contributed by atoms with van der Waals surface area (Å²) in [5, 5.41) is 14.6. The Morgan fingerprint density at radius 2 is 2.04 bits per heavy atom. The molecule has 0 amide bonds. The van der Waals surface area contributed by atoms with Crippen molar-refractivity contribution in [2.24, 2.45) is 12.0 Å². The summed E-state index contributed by atoms with van der Waals surface area (Å²) in [6.07, 6.45) is 5.04. The van der Waals surface area contributed by atoms with Crippen molar-refractivity contribution in [2.75, 3.05) is 26.3 Å². The van der Waals surface area contributed by atoms with Crippen molar-refractivity contribution in [1.29, 1.82) is 0 Å². The Morgan fingerprint density at radius 1 is 1.29 bits per heavy atom. The number of halogens is 1. The average molecular weight is 450 g/mol. The second kappa shape index (κ2) is 14.2. The summed E-state index contributed by atoms with van der Waals surface area (Å²) < 4.78 is 7.49. The highest BCUT2D eigenvalue weighted by molar-refractivity contribution is 14.0. The Balaban J connectivity index is 0.00000529. The molecule has 0 radical (unpaired) electrons. The van der Waals surface area contributed by atoms with Crippen molar-refractivity contribution in [2.45, 2.75) is 39.7 Å². The molecule has 0 aliphatic heterocycles. The molecule has 0 unspecified atom stereocenters. The lowest BCUT2D eigenvalue weighted by Gasteiger charge is -2.11. The zero-order chi connectivity index (χ0) is 16.9. The largest absolute Gasteiger partial charge is 0.381 e. The Labute approximate surface area is 162 Å². The molecular weight excluding hydrogens is 419 g/mol. The second-order valence-corrected chi connectivity index (χ2v) is 5.30. The summed E-state index contributed by atoms with van der Waals surface area (Å²) >= 11 is 0. The zero-order valence-electron chi connectivity index (χ0n) is 15.0. The number of hydrogen-bond acceptors (Lipinski definition) is 4. The van der Waals surface area contributed by atoms with Crippen LogP contribution in [0.3, 0.4) is 0 Å². The Hall–Kier alpha value is -1.16. The van der Waals surface area contributed by atoms with Gasteiger partial charge in [-0.3, -0.25) is 0 Å². The van der Waals surface area contributed by atoms with Crippen LogP contribution in [-0.4, -0.2) is 47.0 Å². The molecule has 0 aromatic carbocycles. The predicted octanol–water partition coefficient (Wildman–Crippen LogP) is 2.17. The molecule has 0 aliphatic carbocycles. The molecule has 2 N–H and O–H groups in total. The molecule has 1 rings (SSSR count). The Morgan fingerprint density at radius 3 is 2.67 bits per heavy atom. The van der Waals surface area contributed by atoms with E-state index in [0.29, 0.717) is 13.1 Å². The standard InChI is InChI=1S/C16H30N6O.HI/c1-5-7-11-23-12-8-10-18-16(17-9-6-2)19-13-15-21-20-14(3)22(15)4;/h6H,2,5,7-13H2,1,3-4H3,(H2,17,18,19);1H. The predicted molar refractivity (Wildman–Crippen MR) is 109 cm³/mol. The second-order valence-electron chi connectivity index (χ2n) is 5.30. The van der Waals surface area contributed by atoms with Crippen LogP contribution in [0.25, 0.3) is 0 Å². The molecule has 7 nitrogen and oxygen atoms in total. The first-order chi connectivity index (χ1) is 11.2. The van der Waals surface area contributed by atoms with Crippen molar-refractivity contribution >= 4 is 29.9 Å². The number of aromatic nitrogens is 3. The number of nitrogens with one attached hydrogen (secondary N) is 2. The summed E-state index contributed by atoms with van der Waals surface area (Å²) in [6.45, 7) is 11.4. The van der Waals surface area contributed by atoms with Crippen molar-refractivity contribution in [3.8, 4) is 0 Å². The fourth-order valence-corrected chi connectivity index (χ4v) is 1.81. The van der Waals surface area contributed by atoms with Gasteiger partial charge in [0.25, 0.3) is 0 Å². The van der Waals surface area contributed by atoms with E-state index in [9.17, 15) is 0 Å². The molecule has 8 heteroatoms. The highest BCUT2D eigenvalue weighted by Crippen LogP contribution is 1.99. The number of aliphatic imine (C=N–C) groups is 1.